The third kappa shape index (κ3) is 2.34. The molecule has 3 saturated carbocycles. The minimum atomic E-state index is -0.138. The maximum Gasteiger partial charge on any atom is 0.409 e. The van der Waals surface area contributed by atoms with Crippen molar-refractivity contribution in [2.75, 3.05) is 39.3 Å². The Hall–Kier alpha value is -1.30. The van der Waals surface area contributed by atoms with E-state index in [4.69, 9.17) is 4.74 Å². The van der Waals surface area contributed by atoms with Gasteiger partial charge in [0, 0.05) is 50.2 Å². The maximum absolute atomic E-state index is 12.8. The Balaban J connectivity index is 0.990. The van der Waals surface area contributed by atoms with Crippen LogP contribution in [-0.2, 0) is 9.53 Å². The van der Waals surface area contributed by atoms with E-state index in [1.54, 1.807) is 0 Å². The molecule has 0 aromatic heterocycles. The SMILES string of the molecule is CCOC(=O)N1CCC2(CC(N3C[C@@H]4[C@H](C3)[C@@H]4C(=O)N3CCC34CC4)C2)C1. The lowest BCUT2D eigenvalue weighted by atomic mass is 9.64. The van der Waals surface area contributed by atoms with Gasteiger partial charge in [-0.2, -0.15) is 0 Å². The molecular weight excluding hydrogens is 342 g/mol. The first-order valence-electron chi connectivity index (χ1n) is 11.0. The minimum Gasteiger partial charge on any atom is -0.450 e. The number of hydrogen-bond acceptors (Lipinski definition) is 4. The Morgan fingerprint density at radius 1 is 1.04 bits per heavy atom. The van der Waals surface area contributed by atoms with Gasteiger partial charge in [-0.05, 0) is 62.7 Å². The van der Waals surface area contributed by atoms with E-state index in [9.17, 15) is 9.59 Å². The number of carbonyl (C=O) groups is 2. The van der Waals surface area contributed by atoms with Gasteiger partial charge in [-0.3, -0.25) is 9.69 Å². The molecular formula is C21H31N3O3. The fourth-order valence-corrected chi connectivity index (χ4v) is 6.79. The van der Waals surface area contributed by atoms with Crippen molar-refractivity contribution in [1.29, 1.82) is 0 Å². The molecule has 3 heterocycles. The van der Waals surface area contributed by atoms with Gasteiger partial charge in [-0.15, -0.1) is 0 Å². The molecule has 3 aliphatic heterocycles. The van der Waals surface area contributed by atoms with Crippen molar-refractivity contribution in [2.24, 2.45) is 23.2 Å². The van der Waals surface area contributed by atoms with Gasteiger partial charge in [-0.25, -0.2) is 4.79 Å². The highest BCUT2D eigenvalue weighted by Gasteiger charge is 2.66. The summed E-state index contributed by atoms with van der Waals surface area (Å²) in [5, 5.41) is 0. The van der Waals surface area contributed by atoms with E-state index in [1.165, 1.54) is 32.1 Å². The molecule has 148 valence electrons. The van der Waals surface area contributed by atoms with Crippen molar-refractivity contribution in [2.45, 2.75) is 57.0 Å². The Morgan fingerprint density at radius 2 is 1.78 bits per heavy atom. The van der Waals surface area contributed by atoms with Crippen LogP contribution < -0.4 is 0 Å². The summed E-state index contributed by atoms with van der Waals surface area (Å²) in [5.74, 6) is 2.09. The molecule has 2 amide bonds. The summed E-state index contributed by atoms with van der Waals surface area (Å²) in [6.07, 6.45) is 7.17. The Morgan fingerprint density at radius 3 is 2.37 bits per heavy atom. The van der Waals surface area contributed by atoms with Gasteiger partial charge in [0.25, 0.3) is 0 Å². The first-order chi connectivity index (χ1) is 13.0. The van der Waals surface area contributed by atoms with Crippen LogP contribution in [0.4, 0.5) is 4.79 Å². The molecule has 2 spiro atoms. The van der Waals surface area contributed by atoms with Crippen LogP contribution in [0.25, 0.3) is 0 Å². The van der Waals surface area contributed by atoms with Gasteiger partial charge in [0.15, 0.2) is 0 Å². The Bertz CT molecular complexity index is 672. The topological polar surface area (TPSA) is 53.1 Å². The van der Waals surface area contributed by atoms with Crippen LogP contribution >= 0.6 is 0 Å². The van der Waals surface area contributed by atoms with Crippen LogP contribution in [0, 0.1) is 23.2 Å². The lowest BCUT2D eigenvalue weighted by Crippen LogP contribution is -2.55. The van der Waals surface area contributed by atoms with E-state index in [0.29, 0.717) is 47.3 Å². The largest absolute Gasteiger partial charge is 0.450 e. The van der Waals surface area contributed by atoms with E-state index >= 15 is 0 Å². The van der Waals surface area contributed by atoms with Gasteiger partial charge < -0.3 is 14.5 Å². The predicted octanol–water partition coefficient (Wildman–Crippen LogP) is 1.94. The van der Waals surface area contributed by atoms with Crippen molar-refractivity contribution in [3.8, 4) is 0 Å². The third-order valence-corrected chi connectivity index (χ3v) is 8.79. The molecule has 0 bridgehead atoms. The number of likely N-dealkylation sites (tertiary alicyclic amines) is 3. The summed E-state index contributed by atoms with van der Waals surface area (Å²) < 4.78 is 5.16. The summed E-state index contributed by atoms with van der Waals surface area (Å²) in [6, 6.07) is 0.675. The summed E-state index contributed by atoms with van der Waals surface area (Å²) in [5.41, 5.74) is 0.677. The molecule has 3 saturated heterocycles. The highest BCUT2D eigenvalue weighted by molar-refractivity contribution is 5.84. The summed E-state index contributed by atoms with van der Waals surface area (Å²) in [4.78, 5) is 31.6. The lowest BCUT2D eigenvalue weighted by molar-refractivity contribution is -0.143. The second-order valence-corrected chi connectivity index (χ2v) is 10.2. The molecule has 0 N–H and O–H groups in total. The fraction of sp³-hybridized carbons (Fsp3) is 0.905. The first-order valence-corrected chi connectivity index (χ1v) is 11.0. The zero-order chi connectivity index (χ0) is 18.4. The van der Waals surface area contributed by atoms with E-state index < -0.39 is 0 Å². The number of rotatable bonds is 3. The minimum absolute atomic E-state index is 0.138. The lowest BCUT2D eigenvalue weighted by Gasteiger charge is -2.49. The second kappa shape index (κ2) is 5.40. The van der Waals surface area contributed by atoms with Crippen molar-refractivity contribution in [3.63, 3.8) is 0 Å². The van der Waals surface area contributed by atoms with Gasteiger partial charge in [0.2, 0.25) is 5.91 Å². The van der Waals surface area contributed by atoms with Crippen molar-refractivity contribution >= 4 is 12.0 Å². The zero-order valence-electron chi connectivity index (χ0n) is 16.4. The number of piperidine rings is 1. The molecule has 6 rings (SSSR count). The van der Waals surface area contributed by atoms with Crippen LogP contribution in [0.1, 0.15) is 45.4 Å². The zero-order valence-corrected chi connectivity index (χ0v) is 16.4. The van der Waals surface area contributed by atoms with Crippen LogP contribution in [0.3, 0.4) is 0 Å². The molecule has 0 radical (unpaired) electrons. The van der Waals surface area contributed by atoms with Crippen LogP contribution in [0.5, 0.6) is 0 Å². The van der Waals surface area contributed by atoms with Crippen molar-refractivity contribution < 1.29 is 14.3 Å². The van der Waals surface area contributed by atoms with E-state index in [-0.39, 0.29) is 6.09 Å². The molecule has 0 unspecified atom stereocenters. The quantitative estimate of drug-likeness (QED) is 0.759. The highest BCUT2D eigenvalue weighted by atomic mass is 16.6. The fourth-order valence-electron chi connectivity index (χ4n) is 6.79. The van der Waals surface area contributed by atoms with Gasteiger partial charge in [0.05, 0.1) is 6.61 Å². The third-order valence-electron chi connectivity index (χ3n) is 8.79. The molecule has 0 aromatic carbocycles. The Kier molecular flexibility index (Phi) is 3.33. The number of carbonyl (C=O) groups excluding carboxylic acids is 2. The van der Waals surface area contributed by atoms with E-state index in [1.807, 2.05) is 11.8 Å². The maximum atomic E-state index is 12.8. The van der Waals surface area contributed by atoms with Crippen molar-refractivity contribution in [3.05, 3.63) is 0 Å². The van der Waals surface area contributed by atoms with Crippen molar-refractivity contribution in [1.82, 2.24) is 14.7 Å². The summed E-state index contributed by atoms with van der Waals surface area (Å²) in [6.45, 7) is 7.33. The molecule has 6 fully saturated rings. The van der Waals surface area contributed by atoms with Gasteiger partial charge in [-0.1, -0.05) is 0 Å². The van der Waals surface area contributed by atoms with E-state index in [0.717, 1.165) is 39.1 Å². The average molecular weight is 373 g/mol. The molecule has 3 aliphatic carbocycles. The van der Waals surface area contributed by atoms with Gasteiger partial charge >= 0.3 is 6.09 Å². The van der Waals surface area contributed by atoms with Crippen LogP contribution in [0.2, 0.25) is 0 Å². The molecule has 6 aliphatic rings. The molecule has 6 nitrogen and oxygen atoms in total. The molecule has 3 atom stereocenters. The summed E-state index contributed by atoms with van der Waals surface area (Å²) in [7, 11) is 0. The van der Waals surface area contributed by atoms with Gasteiger partial charge in [0.1, 0.15) is 0 Å². The highest BCUT2D eigenvalue weighted by Crippen LogP contribution is 2.60. The summed E-state index contributed by atoms with van der Waals surface area (Å²) >= 11 is 0. The van der Waals surface area contributed by atoms with E-state index in [2.05, 4.69) is 9.80 Å². The predicted molar refractivity (Wildman–Crippen MR) is 99.0 cm³/mol. The molecule has 0 aromatic rings. The number of ether oxygens (including phenoxy) is 1. The standard InChI is InChI=1S/C21H31N3O3/c1-2-27-19(26)22-7-5-20(13-22)9-14(10-20)23-11-15-16(12-23)17(15)18(25)24-8-6-21(24)3-4-21/h14-17H,2-13H2,1H3/t14?,15-,16+,17-,20?. The molecule has 6 heteroatoms. The number of hydrogen-bond donors (Lipinski definition) is 0. The first kappa shape index (κ1) is 16.6. The van der Waals surface area contributed by atoms with Crippen LogP contribution in [0.15, 0.2) is 0 Å². The second-order valence-electron chi connectivity index (χ2n) is 10.2. The number of amides is 2. The smallest absolute Gasteiger partial charge is 0.409 e. The Labute approximate surface area is 161 Å². The monoisotopic (exact) mass is 373 g/mol. The normalized spacial score (nSPS) is 43.4. The number of nitrogens with zero attached hydrogens (tertiary/aromatic N) is 3. The van der Waals surface area contributed by atoms with Crippen LogP contribution in [-0.4, -0.2) is 77.6 Å². The number of fused-ring (bicyclic) bond motifs is 1. The average Bonchev–Trinajstić information content (AvgIpc) is 3.45. The molecule has 27 heavy (non-hydrogen) atoms.